The van der Waals surface area contributed by atoms with Gasteiger partial charge in [-0.05, 0) is 117 Å². The second-order valence-corrected chi connectivity index (χ2v) is 17.3. The van der Waals surface area contributed by atoms with Gasteiger partial charge in [-0.1, -0.05) is 38.5 Å². The highest BCUT2D eigenvalue weighted by molar-refractivity contribution is 6.12. The molecule has 0 aromatic heterocycles. The van der Waals surface area contributed by atoms with E-state index in [2.05, 4.69) is 17.6 Å². The molecule has 0 saturated heterocycles. The lowest BCUT2D eigenvalue weighted by molar-refractivity contribution is -0.144. The van der Waals surface area contributed by atoms with Crippen molar-refractivity contribution in [2.24, 2.45) is 34.5 Å². The first kappa shape index (κ1) is 42.2. The Hall–Kier alpha value is -4.95. The van der Waals surface area contributed by atoms with E-state index in [1.54, 1.807) is 18.2 Å². The minimum atomic E-state index is -4.96. The third kappa shape index (κ3) is 8.30. The zero-order chi connectivity index (χ0) is 42.5. The van der Waals surface area contributed by atoms with Gasteiger partial charge < -0.3 is 15.5 Å². The molecule has 0 spiro atoms. The highest BCUT2D eigenvalue weighted by Crippen LogP contribution is 2.65. The van der Waals surface area contributed by atoms with Crippen LogP contribution in [-0.4, -0.2) is 51.9 Å². The molecule has 316 valence electrons. The Morgan fingerprint density at radius 1 is 0.763 bits per heavy atom. The van der Waals surface area contributed by atoms with Crippen molar-refractivity contribution in [1.29, 1.82) is 0 Å². The van der Waals surface area contributed by atoms with Gasteiger partial charge in [-0.2, -0.15) is 26.3 Å². The van der Waals surface area contributed by atoms with Gasteiger partial charge in [-0.15, -0.1) is 0 Å². The van der Waals surface area contributed by atoms with E-state index in [1.807, 2.05) is 30.0 Å². The standard InChI is InChI=1S/C44H48F6N4O5/c1-41-21-19-31-29(30(41)14-15-33(41)40(59)52-34-24-27(43(45,46)47)9-13-32(34)44(48,49)50)12-16-35-42(31,2)22-20-39(58)54(35)25-26-7-10-28(11-8-26)51-36(55)6-4-3-5-23-53-37(56)17-18-38(53)57/h7-11,13,17-18,20,22,24,29-31,33,35H,3-6,12,14-16,19,21,23,25H2,1-2H3,(H,51,55)(H,52,59)/t29-,30-,31-,33+,35+,41-,42+/m0/s1. The second kappa shape index (κ2) is 15.9. The predicted molar refractivity (Wildman–Crippen MR) is 206 cm³/mol. The first-order chi connectivity index (χ1) is 27.8. The van der Waals surface area contributed by atoms with Crippen LogP contribution >= 0.6 is 0 Å². The van der Waals surface area contributed by atoms with Crippen LogP contribution in [0.15, 0.2) is 66.8 Å². The molecule has 15 heteroatoms. The molecule has 2 heterocycles. The Bertz CT molecular complexity index is 2050. The van der Waals surface area contributed by atoms with Gasteiger partial charge in [0.15, 0.2) is 0 Å². The van der Waals surface area contributed by atoms with Gasteiger partial charge in [0.2, 0.25) is 17.7 Å². The van der Waals surface area contributed by atoms with Crippen LogP contribution in [0.25, 0.3) is 0 Å². The minimum Gasteiger partial charge on any atom is -0.331 e. The number of carbonyl (C=O) groups excluding carboxylic acids is 5. The van der Waals surface area contributed by atoms with Crippen molar-refractivity contribution >= 4 is 40.9 Å². The quantitative estimate of drug-likeness (QED) is 0.133. The van der Waals surface area contributed by atoms with Crippen LogP contribution in [0.2, 0.25) is 0 Å². The van der Waals surface area contributed by atoms with Crippen LogP contribution < -0.4 is 10.6 Å². The van der Waals surface area contributed by atoms with Gasteiger partial charge in [-0.25, -0.2) is 0 Å². The number of hydrogen-bond donors (Lipinski definition) is 2. The van der Waals surface area contributed by atoms with Crippen LogP contribution in [0.5, 0.6) is 0 Å². The van der Waals surface area contributed by atoms with Gasteiger partial charge in [-0.3, -0.25) is 28.9 Å². The minimum absolute atomic E-state index is 0.0735. The summed E-state index contributed by atoms with van der Waals surface area (Å²) in [5, 5.41) is 5.17. The lowest BCUT2D eigenvalue weighted by Gasteiger charge is -2.60. The van der Waals surface area contributed by atoms with Gasteiger partial charge >= 0.3 is 12.4 Å². The predicted octanol–water partition coefficient (Wildman–Crippen LogP) is 8.91. The summed E-state index contributed by atoms with van der Waals surface area (Å²) < 4.78 is 82.0. The van der Waals surface area contributed by atoms with Crippen LogP contribution in [0.3, 0.4) is 0 Å². The number of benzene rings is 2. The number of unbranched alkanes of at least 4 members (excludes halogenated alkanes) is 2. The summed E-state index contributed by atoms with van der Waals surface area (Å²) in [6.07, 6.45) is 2.42. The number of alkyl halides is 6. The molecule has 2 N–H and O–H groups in total. The molecular formula is C44H48F6N4O5. The molecule has 59 heavy (non-hydrogen) atoms. The zero-order valence-electron chi connectivity index (χ0n) is 32.9. The van der Waals surface area contributed by atoms with E-state index in [0.717, 1.165) is 18.4 Å². The van der Waals surface area contributed by atoms with Crippen molar-refractivity contribution in [3.63, 3.8) is 0 Å². The number of halogens is 6. The van der Waals surface area contributed by atoms with E-state index in [0.29, 0.717) is 81.9 Å². The van der Waals surface area contributed by atoms with Crippen LogP contribution in [0.1, 0.15) is 94.7 Å². The fourth-order valence-electron chi connectivity index (χ4n) is 11.0. The number of anilines is 2. The first-order valence-electron chi connectivity index (χ1n) is 20.3. The average Bonchev–Trinajstić information content (AvgIpc) is 3.69. The highest BCUT2D eigenvalue weighted by Gasteiger charge is 2.62. The Balaban J connectivity index is 0.960. The molecule has 5 amide bonds. The summed E-state index contributed by atoms with van der Waals surface area (Å²) in [4.78, 5) is 66.3. The number of nitrogens with zero attached hydrogens (tertiary/aromatic N) is 2. The maximum atomic E-state index is 13.8. The van der Waals surface area contributed by atoms with Gasteiger partial charge in [0.25, 0.3) is 11.8 Å². The normalized spacial score (nSPS) is 29.0. The van der Waals surface area contributed by atoms with E-state index < -0.39 is 46.4 Å². The molecule has 3 aliphatic carbocycles. The van der Waals surface area contributed by atoms with E-state index in [4.69, 9.17) is 0 Å². The second-order valence-electron chi connectivity index (χ2n) is 17.3. The number of carbonyl (C=O) groups is 5. The summed E-state index contributed by atoms with van der Waals surface area (Å²) in [5.41, 5.74) is -2.91. The Kier molecular flexibility index (Phi) is 11.4. The molecule has 0 bridgehead atoms. The van der Waals surface area contributed by atoms with E-state index in [9.17, 15) is 50.3 Å². The number of amides is 5. The molecule has 7 rings (SSSR count). The molecule has 2 aliphatic heterocycles. The number of rotatable bonds is 11. The largest absolute Gasteiger partial charge is 0.418 e. The Labute approximate surface area is 338 Å². The summed E-state index contributed by atoms with van der Waals surface area (Å²) in [7, 11) is 0. The number of fused-ring (bicyclic) bond motifs is 5. The number of nitrogens with one attached hydrogen (secondary N) is 2. The molecule has 0 radical (unpaired) electrons. The topological polar surface area (TPSA) is 116 Å². The van der Waals surface area contributed by atoms with Crippen LogP contribution in [-0.2, 0) is 42.9 Å². The number of imide groups is 1. The lowest BCUT2D eigenvalue weighted by Crippen LogP contribution is -2.60. The van der Waals surface area contributed by atoms with Crippen molar-refractivity contribution in [2.45, 2.75) is 103 Å². The summed E-state index contributed by atoms with van der Waals surface area (Å²) in [6, 6.07) is 8.37. The molecule has 7 atom stereocenters. The van der Waals surface area contributed by atoms with E-state index in [1.165, 1.54) is 17.1 Å². The van der Waals surface area contributed by atoms with Crippen molar-refractivity contribution in [2.75, 3.05) is 17.2 Å². The van der Waals surface area contributed by atoms with Crippen molar-refractivity contribution in [3.05, 3.63) is 83.5 Å². The highest BCUT2D eigenvalue weighted by atomic mass is 19.4. The molecule has 5 aliphatic rings. The summed E-state index contributed by atoms with van der Waals surface area (Å²) in [5.74, 6) is -1.82. The molecule has 3 fully saturated rings. The average molecular weight is 827 g/mol. The molecule has 3 saturated carbocycles. The Morgan fingerprint density at radius 3 is 2.15 bits per heavy atom. The summed E-state index contributed by atoms with van der Waals surface area (Å²) >= 11 is 0. The van der Waals surface area contributed by atoms with Crippen LogP contribution in [0.4, 0.5) is 37.7 Å². The van der Waals surface area contributed by atoms with Crippen molar-refractivity contribution in [3.8, 4) is 0 Å². The third-order valence-corrected chi connectivity index (χ3v) is 14.0. The van der Waals surface area contributed by atoms with Gasteiger partial charge in [0.1, 0.15) is 0 Å². The summed E-state index contributed by atoms with van der Waals surface area (Å²) in [6.45, 7) is 4.87. The molecule has 2 aromatic carbocycles. The molecule has 2 aromatic rings. The Morgan fingerprint density at radius 2 is 1.47 bits per heavy atom. The number of hydrogen-bond acceptors (Lipinski definition) is 5. The maximum Gasteiger partial charge on any atom is 0.418 e. The fraction of sp³-hybridized carbons (Fsp3) is 0.523. The monoisotopic (exact) mass is 826 g/mol. The van der Waals surface area contributed by atoms with Crippen molar-refractivity contribution < 1.29 is 50.3 Å². The molecule has 0 unspecified atom stereocenters. The maximum absolute atomic E-state index is 13.8. The molecular weight excluding hydrogens is 778 g/mol. The van der Waals surface area contributed by atoms with Crippen molar-refractivity contribution in [1.82, 2.24) is 9.80 Å². The first-order valence-corrected chi connectivity index (χ1v) is 20.3. The smallest absolute Gasteiger partial charge is 0.331 e. The SMILES string of the molecule is C[C@]12C=CC(=O)N(Cc3ccc(NC(=O)CCCCCN4C(=O)C=CC4=O)cc3)[C@@H]1CC[C@@H]1[C@@H]2CC[C@]2(C)[C@@H](C(=O)Nc3cc(C(F)(F)F)ccc3C(F)(F)F)CC[C@@H]12. The van der Waals surface area contributed by atoms with E-state index in [-0.39, 0.29) is 59.3 Å². The van der Waals surface area contributed by atoms with Gasteiger partial charge in [0, 0.05) is 54.7 Å². The molecule has 9 nitrogen and oxygen atoms in total. The van der Waals surface area contributed by atoms with Crippen LogP contribution in [0, 0.1) is 34.5 Å². The zero-order valence-corrected chi connectivity index (χ0v) is 32.9. The lowest BCUT2D eigenvalue weighted by atomic mass is 9.47. The van der Waals surface area contributed by atoms with Gasteiger partial charge in [0.05, 0.1) is 16.8 Å². The third-order valence-electron chi connectivity index (χ3n) is 14.0. The van der Waals surface area contributed by atoms with E-state index >= 15 is 0 Å². The fourth-order valence-corrected chi connectivity index (χ4v) is 11.0.